The van der Waals surface area contributed by atoms with Crippen LogP contribution in [0.4, 0.5) is 10.1 Å². The Morgan fingerprint density at radius 1 is 1.00 bits per heavy atom. The van der Waals surface area contributed by atoms with Gasteiger partial charge in [0.15, 0.2) is 5.82 Å². The maximum atomic E-state index is 14.0. The van der Waals surface area contributed by atoms with Crippen molar-refractivity contribution >= 4 is 17.5 Å². The standard InChI is InChI=1S/C24H25FN4O2/c1-24(2,3)23(31)26-14-13-19-17(22(30)29-20-12-8-7-11-18(20)25)15-27-21(28-19)16-9-5-4-6-10-16/h4-12,15H,13-14H2,1-3H3,(H,26,31)(H,29,30). The van der Waals surface area contributed by atoms with Gasteiger partial charge in [-0.3, -0.25) is 9.59 Å². The maximum Gasteiger partial charge on any atom is 0.259 e. The van der Waals surface area contributed by atoms with E-state index in [1.54, 1.807) is 12.1 Å². The summed E-state index contributed by atoms with van der Waals surface area (Å²) in [6, 6.07) is 15.3. The predicted molar refractivity (Wildman–Crippen MR) is 118 cm³/mol. The van der Waals surface area contributed by atoms with E-state index in [1.165, 1.54) is 18.3 Å². The fraction of sp³-hybridized carbons (Fsp3) is 0.250. The van der Waals surface area contributed by atoms with Gasteiger partial charge < -0.3 is 10.6 Å². The van der Waals surface area contributed by atoms with Gasteiger partial charge in [0, 0.05) is 30.1 Å². The van der Waals surface area contributed by atoms with Crippen molar-refractivity contribution in [3.05, 3.63) is 77.9 Å². The van der Waals surface area contributed by atoms with Gasteiger partial charge in [-0.25, -0.2) is 14.4 Å². The van der Waals surface area contributed by atoms with Crippen LogP contribution in [-0.2, 0) is 11.2 Å². The van der Waals surface area contributed by atoms with Gasteiger partial charge in [-0.2, -0.15) is 0 Å². The van der Waals surface area contributed by atoms with Crippen molar-refractivity contribution in [1.29, 1.82) is 0 Å². The summed E-state index contributed by atoms with van der Waals surface area (Å²) in [7, 11) is 0. The van der Waals surface area contributed by atoms with Gasteiger partial charge in [0.25, 0.3) is 5.91 Å². The summed E-state index contributed by atoms with van der Waals surface area (Å²) in [6.45, 7) is 5.79. The summed E-state index contributed by atoms with van der Waals surface area (Å²) in [4.78, 5) is 33.9. The number of para-hydroxylation sites is 1. The Morgan fingerprint density at radius 3 is 2.35 bits per heavy atom. The zero-order chi connectivity index (χ0) is 22.4. The van der Waals surface area contributed by atoms with Crippen LogP contribution in [-0.4, -0.2) is 28.3 Å². The van der Waals surface area contributed by atoms with Crippen LogP contribution in [0.15, 0.2) is 60.8 Å². The monoisotopic (exact) mass is 420 g/mol. The molecule has 0 bridgehead atoms. The Balaban J connectivity index is 1.87. The molecule has 2 aromatic carbocycles. The molecular formula is C24H25FN4O2. The summed E-state index contributed by atoms with van der Waals surface area (Å²) in [6.07, 6.45) is 1.76. The van der Waals surface area contributed by atoms with E-state index >= 15 is 0 Å². The van der Waals surface area contributed by atoms with E-state index in [4.69, 9.17) is 0 Å². The van der Waals surface area contributed by atoms with E-state index in [1.807, 2.05) is 51.1 Å². The lowest BCUT2D eigenvalue weighted by molar-refractivity contribution is -0.128. The molecule has 3 aromatic rings. The minimum absolute atomic E-state index is 0.0756. The van der Waals surface area contributed by atoms with Gasteiger partial charge in [0.2, 0.25) is 5.91 Å². The molecule has 0 fully saturated rings. The van der Waals surface area contributed by atoms with Gasteiger partial charge >= 0.3 is 0 Å². The summed E-state index contributed by atoms with van der Waals surface area (Å²) in [5.74, 6) is -0.666. The molecule has 0 aliphatic rings. The number of rotatable bonds is 6. The molecule has 1 aromatic heterocycles. The van der Waals surface area contributed by atoms with Crippen molar-refractivity contribution in [2.24, 2.45) is 5.41 Å². The second-order valence-electron chi connectivity index (χ2n) is 8.11. The van der Waals surface area contributed by atoms with Crippen LogP contribution >= 0.6 is 0 Å². The Hall–Kier alpha value is -3.61. The van der Waals surface area contributed by atoms with Crippen molar-refractivity contribution in [2.45, 2.75) is 27.2 Å². The molecule has 1 heterocycles. The summed E-state index contributed by atoms with van der Waals surface area (Å²) < 4.78 is 14.0. The van der Waals surface area contributed by atoms with Gasteiger partial charge in [0.05, 0.1) is 16.9 Å². The number of anilines is 1. The van der Waals surface area contributed by atoms with Crippen LogP contribution < -0.4 is 10.6 Å². The molecule has 6 nitrogen and oxygen atoms in total. The van der Waals surface area contributed by atoms with Crippen LogP contribution in [0, 0.1) is 11.2 Å². The molecule has 0 saturated heterocycles. The second-order valence-corrected chi connectivity index (χ2v) is 8.11. The Kier molecular flexibility index (Phi) is 6.74. The molecule has 31 heavy (non-hydrogen) atoms. The van der Waals surface area contributed by atoms with E-state index in [0.29, 0.717) is 24.5 Å². The molecule has 0 aliphatic carbocycles. The normalized spacial score (nSPS) is 11.1. The summed E-state index contributed by atoms with van der Waals surface area (Å²) in [5.41, 5.74) is 1.06. The third-order valence-electron chi connectivity index (χ3n) is 4.59. The molecular weight excluding hydrogens is 395 g/mol. The van der Waals surface area contributed by atoms with Gasteiger partial charge in [-0.1, -0.05) is 63.2 Å². The smallest absolute Gasteiger partial charge is 0.259 e. The number of amides is 2. The van der Waals surface area contributed by atoms with Crippen molar-refractivity contribution in [1.82, 2.24) is 15.3 Å². The largest absolute Gasteiger partial charge is 0.355 e. The highest BCUT2D eigenvalue weighted by atomic mass is 19.1. The molecule has 2 amide bonds. The van der Waals surface area contributed by atoms with Crippen LogP contribution in [0.5, 0.6) is 0 Å². The lowest BCUT2D eigenvalue weighted by atomic mass is 9.95. The predicted octanol–water partition coefficient (Wildman–Crippen LogP) is 4.24. The molecule has 0 atom stereocenters. The van der Waals surface area contributed by atoms with Gasteiger partial charge in [0.1, 0.15) is 5.82 Å². The highest BCUT2D eigenvalue weighted by molar-refractivity contribution is 6.05. The molecule has 3 rings (SSSR count). The first-order valence-electron chi connectivity index (χ1n) is 10.0. The molecule has 0 spiro atoms. The van der Waals surface area contributed by atoms with E-state index in [-0.39, 0.29) is 17.2 Å². The first kappa shape index (κ1) is 22.1. The molecule has 0 radical (unpaired) electrons. The number of carbonyl (C=O) groups is 2. The third-order valence-corrected chi connectivity index (χ3v) is 4.59. The number of halogens is 1. The van der Waals surface area contributed by atoms with Crippen molar-refractivity contribution in [2.75, 3.05) is 11.9 Å². The number of carbonyl (C=O) groups excluding carboxylic acids is 2. The molecule has 0 unspecified atom stereocenters. The SMILES string of the molecule is CC(C)(C)C(=O)NCCc1nc(-c2ccccc2)ncc1C(=O)Nc1ccccc1F. The molecule has 2 N–H and O–H groups in total. The van der Waals surface area contributed by atoms with E-state index in [9.17, 15) is 14.0 Å². The van der Waals surface area contributed by atoms with Gasteiger partial charge in [-0.15, -0.1) is 0 Å². The average Bonchev–Trinajstić information content (AvgIpc) is 2.75. The minimum atomic E-state index is -0.531. The summed E-state index contributed by atoms with van der Waals surface area (Å²) in [5, 5.41) is 5.43. The van der Waals surface area contributed by atoms with Crippen molar-refractivity contribution in [3.63, 3.8) is 0 Å². The lowest BCUT2D eigenvalue weighted by Gasteiger charge is -2.18. The lowest BCUT2D eigenvalue weighted by Crippen LogP contribution is -2.36. The average molecular weight is 420 g/mol. The first-order valence-corrected chi connectivity index (χ1v) is 10.0. The van der Waals surface area contributed by atoms with Crippen molar-refractivity contribution in [3.8, 4) is 11.4 Å². The van der Waals surface area contributed by atoms with E-state index < -0.39 is 17.1 Å². The third kappa shape index (κ3) is 5.72. The molecule has 0 saturated carbocycles. The van der Waals surface area contributed by atoms with Gasteiger partial charge in [-0.05, 0) is 12.1 Å². The van der Waals surface area contributed by atoms with Crippen LogP contribution in [0.3, 0.4) is 0 Å². The van der Waals surface area contributed by atoms with Crippen LogP contribution in [0.1, 0.15) is 36.8 Å². The highest BCUT2D eigenvalue weighted by Crippen LogP contribution is 2.19. The molecule has 160 valence electrons. The quantitative estimate of drug-likeness (QED) is 0.625. The Bertz CT molecular complexity index is 1080. The Labute approximate surface area is 180 Å². The number of nitrogens with zero attached hydrogens (tertiary/aromatic N) is 2. The molecule has 0 aliphatic heterocycles. The van der Waals surface area contributed by atoms with Crippen molar-refractivity contribution < 1.29 is 14.0 Å². The number of hydrogen-bond donors (Lipinski definition) is 2. The van der Waals surface area contributed by atoms with Crippen LogP contribution in [0.25, 0.3) is 11.4 Å². The van der Waals surface area contributed by atoms with E-state index in [0.717, 1.165) is 5.56 Å². The number of nitrogens with one attached hydrogen (secondary N) is 2. The second kappa shape index (κ2) is 9.47. The zero-order valence-corrected chi connectivity index (χ0v) is 17.8. The fourth-order valence-corrected chi connectivity index (χ4v) is 2.84. The number of hydrogen-bond acceptors (Lipinski definition) is 4. The highest BCUT2D eigenvalue weighted by Gasteiger charge is 2.21. The topological polar surface area (TPSA) is 84.0 Å². The molecule has 7 heteroatoms. The number of benzene rings is 2. The maximum absolute atomic E-state index is 14.0. The van der Waals surface area contributed by atoms with E-state index in [2.05, 4.69) is 20.6 Å². The first-order chi connectivity index (χ1) is 14.8. The minimum Gasteiger partial charge on any atom is -0.355 e. The van der Waals surface area contributed by atoms with Crippen LogP contribution in [0.2, 0.25) is 0 Å². The summed E-state index contributed by atoms with van der Waals surface area (Å²) >= 11 is 0. The zero-order valence-electron chi connectivity index (χ0n) is 17.8. The number of aromatic nitrogens is 2. The fourth-order valence-electron chi connectivity index (χ4n) is 2.84. The Morgan fingerprint density at radius 2 is 1.68 bits per heavy atom.